The van der Waals surface area contributed by atoms with Crippen molar-refractivity contribution in [2.24, 2.45) is 0 Å². The fraction of sp³-hybridized carbons (Fsp3) is 0.429. The van der Waals surface area contributed by atoms with Crippen molar-refractivity contribution in [2.45, 2.75) is 19.8 Å². The van der Waals surface area contributed by atoms with Gasteiger partial charge in [-0.2, -0.15) is 0 Å². The number of rotatable bonds is 2. The zero-order valence-electron chi connectivity index (χ0n) is 6.52. The first-order valence-corrected chi connectivity index (χ1v) is 3.30. The normalized spacial score (nSPS) is 15.5. The van der Waals surface area contributed by atoms with E-state index in [0.29, 0.717) is 12.0 Å². The van der Waals surface area contributed by atoms with E-state index in [1.54, 1.807) is 0 Å². The summed E-state index contributed by atoms with van der Waals surface area (Å²) in [4.78, 5) is 21.3. The first-order chi connectivity index (χ1) is 4.74. The SMILES string of the molecule is CCCC1=CC(=O)NC1=O.N. The molecule has 4 N–H and O–H groups in total. The number of hydrogen-bond donors (Lipinski definition) is 2. The minimum absolute atomic E-state index is 0. The summed E-state index contributed by atoms with van der Waals surface area (Å²) < 4.78 is 0. The van der Waals surface area contributed by atoms with Gasteiger partial charge in [0.05, 0.1) is 0 Å². The van der Waals surface area contributed by atoms with Crippen molar-refractivity contribution in [3.63, 3.8) is 0 Å². The number of nitrogens with one attached hydrogen (secondary N) is 1. The predicted octanol–water partition coefficient (Wildman–Crippen LogP) is 0.531. The molecule has 62 valence electrons. The Kier molecular flexibility index (Phi) is 3.47. The monoisotopic (exact) mass is 156 g/mol. The Hall–Kier alpha value is -1.16. The molecule has 0 aliphatic carbocycles. The molecule has 0 aromatic carbocycles. The second-order valence-electron chi connectivity index (χ2n) is 2.24. The van der Waals surface area contributed by atoms with E-state index in [0.717, 1.165) is 6.42 Å². The molecule has 0 unspecified atom stereocenters. The summed E-state index contributed by atoms with van der Waals surface area (Å²) in [6.07, 6.45) is 2.95. The Morgan fingerprint density at radius 2 is 2.09 bits per heavy atom. The van der Waals surface area contributed by atoms with Crippen molar-refractivity contribution in [1.82, 2.24) is 11.5 Å². The van der Waals surface area contributed by atoms with E-state index in [9.17, 15) is 9.59 Å². The largest absolute Gasteiger partial charge is 0.344 e. The lowest BCUT2D eigenvalue weighted by atomic mass is 10.1. The van der Waals surface area contributed by atoms with Crippen LogP contribution in [0.5, 0.6) is 0 Å². The molecule has 0 radical (unpaired) electrons. The minimum atomic E-state index is -0.284. The quantitative estimate of drug-likeness (QED) is 0.572. The smallest absolute Gasteiger partial charge is 0.254 e. The molecule has 0 spiro atoms. The highest BCUT2D eigenvalue weighted by molar-refractivity contribution is 6.16. The lowest BCUT2D eigenvalue weighted by Gasteiger charge is -1.92. The van der Waals surface area contributed by atoms with Crippen LogP contribution in [-0.4, -0.2) is 11.8 Å². The second-order valence-corrected chi connectivity index (χ2v) is 2.24. The molecular weight excluding hydrogens is 144 g/mol. The molecule has 0 saturated heterocycles. The Morgan fingerprint density at radius 3 is 2.45 bits per heavy atom. The lowest BCUT2D eigenvalue weighted by Crippen LogP contribution is -2.22. The average Bonchev–Trinajstić information content (AvgIpc) is 2.13. The fourth-order valence-electron chi connectivity index (χ4n) is 0.907. The maximum absolute atomic E-state index is 10.8. The van der Waals surface area contributed by atoms with Crippen LogP contribution in [0.4, 0.5) is 0 Å². The molecule has 4 nitrogen and oxygen atoms in total. The standard InChI is InChI=1S/C7H9NO2.H3N/c1-2-3-5-4-6(9)8-7(5)10;/h4H,2-3H2,1H3,(H,8,9,10);1H3. The molecule has 0 saturated carbocycles. The summed E-state index contributed by atoms with van der Waals surface area (Å²) >= 11 is 0. The molecule has 0 bridgehead atoms. The molecule has 1 aliphatic rings. The van der Waals surface area contributed by atoms with Gasteiger partial charge in [-0.3, -0.25) is 14.9 Å². The average molecular weight is 156 g/mol. The third-order valence-corrected chi connectivity index (χ3v) is 1.35. The summed E-state index contributed by atoms with van der Waals surface area (Å²) in [6.45, 7) is 1.97. The molecule has 4 heteroatoms. The van der Waals surface area contributed by atoms with Crippen molar-refractivity contribution >= 4 is 11.8 Å². The fourth-order valence-corrected chi connectivity index (χ4v) is 0.907. The van der Waals surface area contributed by atoms with Gasteiger partial charge in [-0.05, 0) is 6.42 Å². The maximum Gasteiger partial charge on any atom is 0.254 e. The van der Waals surface area contributed by atoms with E-state index in [1.165, 1.54) is 6.08 Å². The molecule has 0 fully saturated rings. The summed E-state index contributed by atoms with van der Waals surface area (Å²) in [6, 6.07) is 0. The second kappa shape index (κ2) is 3.88. The first kappa shape index (κ1) is 9.84. The minimum Gasteiger partial charge on any atom is -0.344 e. The van der Waals surface area contributed by atoms with Crippen LogP contribution in [0.3, 0.4) is 0 Å². The van der Waals surface area contributed by atoms with Gasteiger partial charge >= 0.3 is 0 Å². The van der Waals surface area contributed by atoms with Crippen molar-refractivity contribution in [3.8, 4) is 0 Å². The Balaban J connectivity index is 0.000001000. The molecular formula is C7H12N2O2. The third kappa shape index (κ3) is 2.16. The lowest BCUT2D eigenvalue weighted by molar-refractivity contribution is -0.123. The molecule has 1 heterocycles. The summed E-state index contributed by atoms with van der Waals surface area (Å²) in [7, 11) is 0. The van der Waals surface area contributed by atoms with E-state index in [2.05, 4.69) is 5.32 Å². The molecule has 0 aromatic rings. The summed E-state index contributed by atoms with van der Waals surface area (Å²) in [5.41, 5.74) is 0.604. The van der Waals surface area contributed by atoms with Crippen molar-refractivity contribution < 1.29 is 9.59 Å². The van der Waals surface area contributed by atoms with Gasteiger partial charge in [0.15, 0.2) is 0 Å². The van der Waals surface area contributed by atoms with Gasteiger partial charge in [-0.1, -0.05) is 13.3 Å². The highest BCUT2D eigenvalue weighted by Gasteiger charge is 2.18. The van der Waals surface area contributed by atoms with Crippen LogP contribution >= 0.6 is 0 Å². The van der Waals surface area contributed by atoms with Gasteiger partial charge in [0.25, 0.3) is 11.8 Å². The third-order valence-electron chi connectivity index (χ3n) is 1.35. The number of amides is 2. The van der Waals surface area contributed by atoms with Crippen LogP contribution in [-0.2, 0) is 9.59 Å². The van der Waals surface area contributed by atoms with E-state index in [4.69, 9.17) is 0 Å². The van der Waals surface area contributed by atoms with Gasteiger partial charge in [-0.15, -0.1) is 0 Å². The Bertz CT molecular complexity index is 208. The van der Waals surface area contributed by atoms with Crippen molar-refractivity contribution in [1.29, 1.82) is 0 Å². The van der Waals surface area contributed by atoms with E-state index < -0.39 is 0 Å². The molecule has 11 heavy (non-hydrogen) atoms. The van der Waals surface area contributed by atoms with Crippen LogP contribution in [0, 0.1) is 0 Å². The number of imide groups is 1. The van der Waals surface area contributed by atoms with Gasteiger partial charge in [0, 0.05) is 11.6 Å². The van der Waals surface area contributed by atoms with E-state index >= 15 is 0 Å². The van der Waals surface area contributed by atoms with Crippen LogP contribution in [0.15, 0.2) is 11.6 Å². The number of carbonyl (C=O) groups excluding carboxylic acids is 2. The van der Waals surface area contributed by atoms with E-state index in [-0.39, 0.29) is 18.0 Å². The number of hydrogen-bond acceptors (Lipinski definition) is 3. The molecule has 0 aromatic heterocycles. The van der Waals surface area contributed by atoms with Crippen molar-refractivity contribution in [2.75, 3.05) is 0 Å². The zero-order chi connectivity index (χ0) is 7.56. The molecule has 0 atom stereocenters. The van der Waals surface area contributed by atoms with Crippen LogP contribution in [0.25, 0.3) is 0 Å². The Labute approximate surface area is 65.2 Å². The summed E-state index contributed by atoms with van der Waals surface area (Å²) in [5, 5.41) is 2.18. The highest BCUT2D eigenvalue weighted by Crippen LogP contribution is 2.08. The first-order valence-electron chi connectivity index (χ1n) is 3.30. The predicted molar refractivity (Wildman–Crippen MR) is 41.2 cm³/mol. The van der Waals surface area contributed by atoms with Crippen LogP contribution in [0.1, 0.15) is 19.8 Å². The van der Waals surface area contributed by atoms with Crippen molar-refractivity contribution in [3.05, 3.63) is 11.6 Å². The molecule has 1 rings (SSSR count). The van der Waals surface area contributed by atoms with Gasteiger partial charge < -0.3 is 6.15 Å². The molecule has 2 amide bonds. The van der Waals surface area contributed by atoms with Crippen LogP contribution in [0.2, 0.25) is 0 Å². The van der Waals surface area contributed by atoms with Gasteiger partial charge in [0.2, 0.25) is 0 Å². The highest BCUT2D eigenvalue weighted by atomic mass is 16.2. The van der Waals surface area contributed by atoms with E-state index in [1.807, 2.05) is 6.92 Å². The van der Waals surface area contributed by atoms with Gasteiger partial charge in [0.1, 0.15) is 0 Å². The van der Waals surface area contributed by atoms with Crippen LogP contribution < -0.4 is 11.5 Å². The zero-order valence-corrected chi connectivity index (χ0v) is 6.52. The topological polar surface area (TPSA) is 81.2 Å². The number of carbonyl (C=O) groups is 2. The maximum atomic E-state index is 10.8. The molecule has 1 aliphatic heterocycles. The Morgan fingerprint density at radius 1 is 1.45 bits per heavy atom. The summed E-state index contributed by atoms with van der Waals surface area (Å²) in [5.74, 6) is -0.514. The van der Waals surface area contributed by atoms with Gasteiger partial charge in [-0.25, -0.2) is 0 Å².